The van der Waals surface area contributed by atoms with Gasteiger partial charge in [-0.3, -0.25) is 4.79 Å². The third-order valence-corrected chi connectivity index (χ3v) is 6.00. The summed E-state index contributed by atoms with van der Waals surface area (Å²) in [6.07, 6.45) is 7.39. The van der Waals surface area contributed by atoms with Gasteiger partial charge in [0.05, 0.1) is 16.0 Å². The summed E-state index contributed by atoms with van der Waals surface area (Å²) in [5.41, 5.74) is 1.02. The number of thiazole rings is 1. The third-order valence-electron chi connectivity index (χ3n) is 3.82. The average Bonchev–Trinajstić information content (AvgIpc) is 2.74. The highest BCUT2D eigenvalue weighted by atomic mass is 32.2. The minimum absolute atomic E-state index is 0.145. The number of hydrogen-bond donors (Lipinski definition) is 1. The van der Waals surface area contributed by atoms with E-state index in [-0.39, 0.29) is 5.91 Å². The van der Waals surface area contributed by atoms with E-state index in [2.05, 4.69) is 16.4 Å². The summed E-state index contributed by atoms with van der Waals surface area (Å²) in [5, 5.41) is 3.18. The van der Waals surface area contributed by atoms with E-state index < -0.39 is 0 Å². The second kappa shape index (κ2) is 7.27. The van der Waals surface area contributed by atoms with Crippen LogP contribution in [0.2, 0.25) is 0 Å². The third kappa shape index (κ3) is 4.20. The van der Waals surface area contributed by atoms with Gasteiger partial charge in [-0.05, 0) is 25.0 Å². The largest absolute Gasteiger partial charge is 0.353 e. The van der Waals surface area contributed by atoms with Crippen LogP contribution in [0.3, 0.4) is 0 Å². The lowest BCUT2D eigenvalue weighted by molar-refractivity contribution is -0.119. The zero-order valence-corrected chi connectivity index (χ0v) is 13.6. The fraction of sp³-hybridized carbons (Fsp3) is 0.500. The van der Waals surface area contributed by atoms with Crippen LogP contribution in [0.4, 0.5) is 0 Å². The summed E-state index contributed by atoms with van der Waals surface area (Å²) in [6, 6.07) is 8.49. The molecule has 0 bridgehead atoms. The molecule has 1 aliphatic rings. The lowest BCUT2D eigenvalue weighted by Crippen LogP contribution is -2.35. The van der Waals surface area contributed by atoms with Gasteiger partial charge < -0.3 is 5.32 Å². The molecule has 1 fully saturated rings. The van der Waals surface area contributed by atoms with Gasteiger partial charge in [0.1, 0.15) is 0 Å². The van der Waals surface area contributed by atoms with Crippen molar-refractivity contribution in [2.24, 2.45) is 0 Å². The standard InChI is InChI=1S/C16H20N2OS2/c19-15(17-12-7-3-1-2-4-8-12)11-20-16-18-13-9-5-6-10-14(13)21-16/h5-6,9-10,12H,1-4,7-8,11H2,(H,17,19). The second-order valence-corrected chi connectivity index (χ2v) is 7.75. The quantitative estimate of drug-likeness (QED) is 0.677. The van der Waals surface area contributed by atoms with E-state index in [4.69, 9.17) is 0 Å². The van der Waals surface area contributed by atoms with Crippen LogP contribution >= 0.6 is 23.1 Å². The monoisotopic (exact) mass is 320 g/mol. The molecular weight excluding hydrogens is 300 g/mol. The number of rotatable bonds is 4. The van der Waals surface area contributed by atoms with Crippen LogP contribution in [-0.4, -0.2) is 22.7 Å². The summed E-state index contributed by atoms with van der Waals surface area (Å²) in [5.74, 6) is 0.613. The maximum absolute atomic E-state index is 12.1. The topological polar surface area (TPSA) is 42.0 Å². The number of aromatic nitrogens is 1. The molecule has 21 heavy (non-hydrogen) atoms. The first-order chi connectivity index (χ1) is 10.3. The number of fused-ring (bicyclic) bond motifs is 1. The Morgan fingerprint density at radius 2 is 2.00 bits per heavy atom. The van der Waals surface area contributed by atoms with E-state index in [1.807, 2.05) is 18.2 Å². The highest BCUT2D eigenvalue weighted by molar-refractivity contribution is 8.01. The molecule has 1 aliphatic carbocycles. The van der Waals surface area contributed by atoms with E-state index in [1.165, 1.54) is 30.4 Å². The Morgan fingerprint density at radius 1 is 1.24 bits per heavy atom. The van der Waals surface area contributed by atoms with Gasteiger partial charge in [0.15, 0.2) is 4.34 Å². The maximum Gasteiger partial charge on any atom is 0.230 e. The molecule has 1 aromatic carbocycles. The summed E-state index contributed by atoms with van der Waals surface area (Å²) in [6.45, 7) is 0. The number of amides is 1. The number of hydrogen-bond acceptors (Lipinski definition) is 4. The van der Waals surface area contributed by atoms with Crippen molar-refractivity contribution in [3.63, 3.8) is 0 Å². The normalized spacial score (nSPS) is 16.8. The second-order valence-electron chi connectivity index (χ2n) is 5.49. The predicted molar refractivity (Wildman–Crippen MR) is 90.0 cm³/mol. The molecular formula is C16H20N2OS2. The Labute approximate surface area is 133 Å². The van der Waals surface area contributed by atoms with Gasteiger partial charge in [-0.2, -0.15) is 0 Å². The van der Waals surface area contributed by atoms with Crippen LogP contribution in [0.25, 0.3) is 10.2 Å². The van der Waals surface area contributed by atoms with Gasteiger partial charge in [0.2, 0.25) is 5.91 Å². The molecule has 3 nitrogen and oxygen atoms in total. The molecule has 1 aromatic heterocycles. The van der Waals surface area contributed by atoms with Crippen LogP contribution in [0, 0.1) is 0 Å². The van der Waals surface area contributed by atoms with Crippen molar-refractivity contribution in [2.45, 2.75) is 48.9 Å². The first-order valence-corrected chi connectivity index (χ1v) is 9.39. The Bertz CT molecular complexity index is 570. The predicted octanol–water partition coefficient (Wildman–Crippen LogP) is 4.23. The first kappa shape index (κ1) is 14.9. The molecule has 5 heteroatoms. The molecule has 112 valence electrons. The molecule has 1 heterocycles. The minimum Gasteiger partial charge on any atom is -0.353 e. The lowest BCUT2D eigenvalue weighted by Gasteiger charge is -2.15. The van der Waals surface area contributed by atoms with Crippen molar-refractivity contribution in [1.29, 1.82) is 0 Å². The van der Waals surface area contributed by atoms with Gasteiger partial charge in [-0.15, -0.1) is 11.3 Å². The SMILES string of the molecule is O=C(CSc1nc2ccccc2s1)NC1CCCCCC1. The van der Waals surface area contributed by atoms with E-state index >= 15 is 0 Å². The van der Waals surface area contributed by atoms with Gasteiger partial charge in [0, 0.05) is 6.04 Å². The summed E-state index contributed by atoms with van der Waals surface area (Å²) < 4.78 is 2.16. The highest BCUT2D eigenvalue weighted by Gasteiger charge is 2.15. The van der Waals surface area contributed by atoms with Gasteiger partial charge >= 0.3 is 0 Å². The zero-order chi connectivity index (χ0) is 14.5. The van der Waals surface area contributed by atoms with E-state index in [1.54, 1.807) is 23.1 Å². The zero-order valence-electron chi connectivity index (χ0n) is 12.0. The Kier molecular flexibility index (Phi) is 5.14. The Morgan fingerprint density at radius 3 is 2.76 bits per heavy atom. The van der Waals surface area contributed by atoms with Crippen molar-refractivity contribution >= 4 is 39.2 Å². The maximum atomic E-state index is 12.1. The van der Waals surface area contributed by atoms with Crippen LogP contribution in [0.15, 0.2) is 28.6 Å². The molecule has 0 saturated heterocycles. The van der Waals surface area contributed by atoms with Crippen LogP contribution in [0.1, 0.15) is 38.5 Å². The van der Waals surface area contributed by atoms with Crippen LogP contribution in [-0.2, 0) is 4.79 Å². The molecule has 0 aliphatic heterocycles. The number of para-hydroxylation sites is 1. The van der Waals surface area contributed by atoms with Crippen LogP contribution in [0.5, 0.6) is 0 Å². The molecule has 1 saturated carbocycles. The summed E-state index contributed by atoms with van der Waals surface area (Å²) in [4.78, 5) is 16.6. The van der Waals surface area contributed by atoms with Crippen molar-refractivity contribution in [3.8, 4) is 0 Å². The number of carbonyl (C=O) groups is 1. The fourth-order valence-corrected chi connectivity index (χ4v) is 4.61. The van der Waals surface area contributed by atoms with E-state index in [9.17, 15) is 4.79 Å². The molecule has 0 spiro atoms. The van der Waals surface area contributed by atoms with Crippen molar-refractivity contribution in [2.75, 3.05) is 5.75 Å². The first-order valence-electron chi connectivity index (χ1n) is 7.59. The summed E-state index contributed by atoms with van der Waals surface area (Å²) >= 11 is 3.20. The van der Waals surface area contributed by atoms with Crippen molar-refractivity contribution in [3.05, 3.63) is 24.3 Å². The molecule has 3 rings (SSSR count). The van der Waals surface area contributed by atoms with Crippen LogP contribution < -0.4 is 5.32 Å². The van der Waals surface area contributed by atoms with Gasteiger partial charge in [0.25, 0.3) is 0 Å². The molecule has 0 unspecified atom stereocenters. The number of benzene rings is 1. The Hall–Kier alpha value is -1.07. The average molecular weight is 320 g/mol. The van der Waals surface area contributed by atoms with Gasteiger partial charge in [-0.1, -0.05) is 49.6 Å². The molecule has 1 amide bonds. The fourth-order valence-electron chi connectivity index (χ4n) is 2.73. The molecule has 2 aromatic rings. The van der Waals surface area contributed by atoms with Gasteiger partial charge in [-0.25, -0.2) is 4.98 Å². The number of nitrogens with zero attached hydrogens (tertiary/aromatic N) is 1. The number of thioether (sulfide) groups is 1. The number of nitrogens with one attached hydrogen (secondary N) is 1. The minimum atomic E-state index is 0.145. The van der Waals surface area contributed by atoms with Crippen molar-refractivity contribution in [1.82, 2.24) is 10.3 Å². The number of carbonyl (C=O) groups excluding carboxylic acids is 1. The Balaban J connectivity index is 1.50. The lowest BCUT2D eigenvalue weighted by atomic mass is 10.1. The summed E-state index contributed by atoms with van der Waals surface area (Å²) in [7, 11) is 0. The smallest absolute Gasteiger partial charge is 0.230 e. The highest BCUT2D eigenvalue weighted by Crippen LogP contribution is 2.29. The molecule has 0 atom stereocenters. The van der Waals surface area contributed by atoms with E-state index in [0.717, 1.165) is 22.7 Å². The molecule has 0 radical (unpaired) electrons. The van der Waals surface area contributed by atoms with Crippen molar-refractivity contribution < 1.29 is 4.79 Å². The van der Waals surface area contributed by atoms with E-state index in [0.29, 0.717) is 11.8 Å². The molecule has 1 N–H and O–H groups in total.